The maximum atomic E-state index is 11.4. The molecule has 2 atom stereocenters. The number of benzene rings is 1. The Balaban J connectivity index is 2.89. The molecule has 0 aliphatic rings. The van der Waals surface area contributed by atoms with Gasteiger partial charge in [0.1, 0.15) is 6.04 Å². The van der Waals surface area contributed by atoms with Crippen molar-refractivity contribution in [3.8, 4) is 0 Å². The Morgan fingerprint density at radius 1 is 1.44 bits per heavy atom. The van der Waals surface area contributed by atoms with Gasteiger partial charge in [-0.25, -0.2) is 0 Å². The van der Waals surface area contributed by atoms with Crippen molar-refractivity contribution in [2.75, 3.05) is 7.11 Å². The monoisotopic (exact) mass is 285 g/mol. The van der Waals surface area contributed by atoms with Crippen molar-refractivity contribution < 1.29 is 9.53 Å². The Bertz CT molecular complexity index is 351. The first kappa shape index (κ1) is 13.2. The van der Waals surface area contributed by atoms with Crippen LogP contribution in [0.3, 0.4) is 0 Å². The van der Waals surface area contributed by atoms with E-state index in [9.17, 15) is 4.79 Å². The van der Waals surface area contributed by atoms with Crippen LogP contribution in [-0.4, -0.2) is 19.1 Å². The third-order valence-corrected chi connectivity index (χ3v) is 3.17. The van der Waals surface area contributed by atoms with Gasteiger partial charge in [-0.05, 0) is 24.1 Å². The average Bonchev–Trinajstić information content (AvgIpc) is 2.31. The first-order chi connectivity index (χ1) is 7.60. The highest BCUT2D eigenvalue weighted by Gasteiger charge is 2.25. The number of methoxy groups -OCH3 is 1. The van der Waals surface area contributed by atoms with E-state index in [2.05, 4.69) is 20.7 Å². The Morgan fingerprint density at radius 3 is 2.44 bits per heavy atom. The summed E-state index contributed by atoms with van der Waals surface area (Å²) < 4.78 is 5.68. The van der Waals surface area contributed by atoms with E-state index in [0.29, 0.717) is 0 Å². The van der Waals surface area contributed by atoms with Gasteiger partial charge in [-0.1, -0.05) is 35.0 Å². The molecule has 1 rings (SSSR count). The van der Waals surface area contributed by atoms with Crippen LogP contribution in [-0.2, 0) is 9.53 Å². The maximum absolute atomic E-state index is 11.4. The first-order valence-corrected chi connectivity index (χ1v) is 5.98. The van der Waals surface area contributed by atoms with Gasteiger partial charge in [0.05, 0.1) is 7.11 Å². The zero-order valence-corrected chi connectivity index (χ0v) is 11.0. The minimum absolute atomic E-state index is 0.000509. The SMILES string of the molecule is CCC(c1ccc(Br)cc1)C(N)C(=O)OC. The molecule has 0 saturated carbocycles. The number of halogens is 1. The molecule has 3 nitrogen and oxygen atoms in total. The molecule has 0 bridgehead atoms. The summed E-state index contributed by atoms with van der Waals surface area (Å²) in [6.07, 6.45) is 0.803. The molecular formula is C12H16BrNO2. The highest BCUT2D eigenvalue weighted by molar-refractivity contribution is 9.10. The summed E-state index contributed by atoms with van der Waals surface area (Å²) >= 11 is 3.37. The van der Waals surface area contributed by atoms with Crippen molar-refractivity contribution in [2.45, 2.75) is 25.3 Å². The fourth-order valence-electron chi connectivity index (χ4n) is 1.71. The van der Waals surface area contributed by atoms with Gasteiger partial charge in [0.15, 0.2) is 0 Å². The normalized spacial score (nSPS) is 14.2. The molecule has 0 radical (unpaired) electrons. The third-order valence-electron chi connectivity index (χ3n) is 2.64. The van der Waals surface area contributed by atoms with E-state index in [4.69, 9.17) is 5.73 Å². The average molecular weight is 286 g/mol. The summed E-state index contributed by atoms with van der Waals surface area (Å²) in [6, 6.07) is 7.24. The quantitative estimate of drug-likeness (QED) is 0.865. The fourth-order valence-corrected chi connectivity index (χ4v) is 1.97. The number of nitrogens with two attached hydrogens (primary N) is 1. The number of carbonyl (C=O) groups is 1. The van der Waals surface area contributed by atoms with Gasteiger partial charge in [-0.15, -0.1) is 0 Å². The minimum Gasteiger partial charge on any atom is -0.468 e. The van der Waals surface area contributed by atoms with Crippen molar-refractivity contribution >= 4 is 21.9 Å². The molecule has 0 saturated heterocycles. The molecule has 0 aliphatic carbocycles. The topological polar surface area (TPSA) is 52.3 Å². The van der Waals surface area contributed by atoms with Crippen molar-refractivity contribution in [1.29, 1.82) is 0 Å². The Morgan fingerprint density at radius 2 is 2.00 bits per heavy atom. The van der Waals surface area contributed by atoms with Gasteiger partial charge in [-0.3, -0.25) is 4.79 Å². The molecule has 0 aliphatic heterocycles. The second kappa shape index (κ2) is 6.01. The van der Waals surface area contributed by atoms with Crippen molar-refractivity contribution in [3.63, 3.8) is 0 Å². The van der Waals surface area contributed by atoms with Crippen LogP contribution in [0.2, 0.25) is 0 Å². The number of hydrogen-bond acceptors (Lipinski definition) is 3. The van der Waals surface area contributed by atoms with E-state index in [1.54, 1.807) is 0 Å². The Labute approximate surface area is 104 Å². The van der Waals surface area contributed by atoms with Crippen LogP contribution in [0, 0.1) is 0 Å². The smallest absolute Gasteiger partial charge is 0.323 e. The van der Waals surface area contributed by atoms with E-state index in [1.165, 1.54) is 7.11 Å². The number of ether oxygens (including phenoxy) is 1. The van der Waals surface area contributed by atoms with Gasteiger partial charge < -0.3 is 10.5 Å². The van der Waals surface area contributed by atoms with Gasteiger partial charge in [0.2, 0.25) is 0 Å². The van der Waals surface area contributed by atoms with Crippen LogP contribution in [0.1, 0.15) is 24.8 Å². The summed E-state index contributed by atoms with van der Waals surface area (Å²) in [7, 11) is 1.36. The molecule has 88 valence electrons. The zero-order valence-electron chi connectivity index (χ0n) is 9.44. The number of hydrogen-bond donors (Lipinski definition) is 1. The largest absolute Gasteiger partial charge is 0.468 e. The van der Waals surface area contributed by atoms with Crippen molar-refractivity contribution in [3.05, 3.63) is 34.3 Å². The minimum atomic E-state index is -0.601. The van der Waals surface area contributed by atoms with E-state index in [0.717, 1.165) is 16.5 Å². The summed E-state index contributed by atoms with van der Waals surface area (Å²) in [5.41, 5.74) is 6.93. The summed E-state index contributed by atoms with van der Waals surface area (Å²) in [5.74, 6) is -0.365. The molecule has 0 aromatic heterocycles. The lowest BCUT2D eigenvalue weighted by Gasteiger charge is -2.20. The molecule has 0 amide bonds. The van der Waals surface area contributed by atoms with E-state index in [1.807, 2.05) is 31.2 Å². The van der Waals surface area contributed by atoms with E-state index in [-0.39, 0.29) is 11.9 Å². The van der Waals surface area contributed by atoms with Crippen molar-refractivity contribution in [1.82, 2.24) is 0 Å². The number of rotatable bonds is 4. The molecule has 1 aromatic rings. The van der Waals surface area contributed by atoms with Gasteiger partial charge in [-0.2, -0.15) is 0 Å². The Hall–Kier alpha value is -0.870. The summed E-state index contributed by atoms with van der Waals surface area (Å²) in [6.45, 7) is 2.01. The zero-order chi connectivity index (χ0) is 12.1. The molecule has 1 aromatic carbocycles. The molecule has 0 spiro atoms. The summed E-state index contributed by atoms with van der Waals surface area (Å²) in [4.78, 5) is 11.4. The first-order valence-electron chi connectivity index (χ1n) is 5.19. The highest BCUT2D eigenvalue weighted by atomic mass is 79.9. The predicted octanol–water partition coefficient (Wildman–Crippen LogP) is 2.44. The molecule has 2 unspecified atom stereocenters. The maximum Gasteiger partial charge on any atom is 0.323 e. The van der Waals surface area contributed by atoms with Crippen LogP contribution < -0.4 is 5.73 Å². The molecule has 2 N–H and O–H groups in total. The standard InChI is InChI=1S/C12H16BrNO2/c1-3-10(11(14)12(15)16-2)8-4-6-9(13)7-5-8/h4-7,10-11H,3,14H2,1-2H3. The lowest BCUT2D eigenvalue weighted by Crippen LogP contribution is -2.37. The van der Waals surface area contributed by atoms with Crippen LogP contribution in [0.4, 0.5) is 0 Å². The molecule has 0 heterocycles. The summed E-state index contributed by atoms with van der Waals surface area (Å²) in [5, 5.41) is 0. The van der Waals surface area contributed by atoms with Gasteiger partial charge >= 0.3 is 5.97 Å². The van der Waals surface area contributed by atoms with E-state index < -0.39 is 6.04 Å². The van der Waals surface area contributed by atoms with Crippen LogP contribution in [0.5, 0.6) is 0 Å². The highest BCUT2D eigenvalue weighted by Crippen LogP contribution is 2.24. The molecular weight excluding hydrogens is 270 g/mol. The predicted molar refractivity (Wildman–Crippen MR) is 67.2 cm³/mol. The number of carbonyl (C=O) groups excluding carboxylic acids is 1. The van der Waals surface area contributed by atoms with Crippen LogP contribution in [0.25, 0.3) is 0 Å². The second-order valence-corrected chi connectivity index (χ2v) is 4.53. The molecule has 4 heteroatoms. The third kappa shape index (κ3) is 3.06. The van der Waals surface area contributed by atoms with Gasteiger partial charge in [0.25, 0.3) is 0 Å². The number of esters is 1. The van der Waals surface area contributed by atoms with Crippen molar-refractivity contribution in [2.24, 2.45) is 5.73 Å². The Kier molecular flexibility index (Phi) is 4.96. The van der Waals surface area contributed by atoms with E-state index >= 15 is 0 Å². The fraction of sp³-hybridized carbons (Fsp3) is 0.417. The lowest BCUT2D eigenvalue weighted by atomic mass is 9.90. The lowest BCUT2D eigenvalue weighted by molar-refractivity contribution is -0.142. The molecule has 16 heavy (non-hydrogen) atoms. The van der Waals surface area contributed by atoms with Crippen LogP contribution in [0.15, 0.2) is 28.7 Å². The van der Waals surface area contributed by atoms with Gasteiger partial charge in [0, 0.05) is 10.4 Å². The molecule has 0 fully saturated rings. The van der Waals surface area contributed by atoms with Crippen LogP contribution >= 0.6 is 15.9 Å². The second-order valence-electron chi connectivity index (χ2n) is 3.62.